The summed E-state index contributed by atoms with van der Waals surface area (Å²) in [7, 11) is -3.91. The van der Waals surface area contributed by atoms with Crippen molar-refractivity contribution in [3.05, 3.63) is 71.9 Å². The molecule has 0 spiro atoms. The Kier molecular flexibility index (Phi) is 5.34. The molecule has 3 N–H and O–H groups in total. The lowest BCUT2D eigenvalue weighted by molar-refractivity contribution is -0.141. The molecule has 0 unspecified atom stereocenters. The van der Waals surface area contributed by atoms with Gasteiger partial charge in [-0.25, -0.2) is 23.5 Å². The van der Waals surface area contributed by atoms with E-state index in [2.05, 4.69) is 15.3 Å². The molecule has 146 valence electrons. The number of anilines is 1. The summed E-state index contributed by atoms with van der Waals surface area (Å²) in [5, 5.41) is 7.81. The molecule has 1 heterocycles. The minimum Gasteiger partial charge on any atom is -0.350 e. The highest BCUT2D eigenvalue weighted by Gasteiger charge is 2.33. The number of nitrogens with zero attached hydrogens (tertiary/aromatic N) is 2. The van der Waals surface area contributed by atoms with Crippen LogP contribution in [0.4, 0.5) is 19.1 Å². The molecule has 0 bridgehead atoms. The van der Waals surface area contributed by atoms with Crippen molar-refractivity contribution in [2.75, 3.05) is 5.32 Å². The molecule has 0 radical (unpaired) electrons. The molecule has 0 saturated carbocycles. The van der Waals surface area contributed by atoms with Crippen molar-refractivity contribution >= 4 is 16.0 Å². The molecule has 0 aliphatic heterocycles. The van der Waals surface area contributed by atoms with E-state index in [1.165, 1.54) is 24.3 Å². The van der Waals surface area contributed by atoms with Gasteiger partial charge in [0, 0.05) is 12.1 Å². The Labute approximate surface area is 159 Å². The molecule has 0 aliphatic carbocycles. The first-order chi connectivity index (χ1) is 13.1. The van der Waals surface area contributed by atoms with E-state index < -0.39 is 21.9 Å². The van der Waals surface area contributed by atoms with Gasteiger partial charge in [0.05, 0.1) is 10.6 Å². The summed E-state index contributed by atoms with van der Waals surface area (Å²) in [6.07, 6.45) is -4.67. The molecule has 0 aliphatic rings. The smallest absolute Gasteiger partial charge is 0.350 e. The fraction of sp³-hybridized carbons (Fsp3) is 0.111. The van der Waals surface area contributed by atoms with Gasteiger partial charge in [0.25, 0.3) is 0 Å². The number of hydrogen-bond acceptors (Lipinski definition) is 5. The highest BCUT2D eigenvalue weighted by Crippen LogP contribution is 2.31. The Hall–Kier alpha value is -2.98. The maximum absolute atomic E-state index is 13.2. The fourth-order valence-corrected chi connectivity index (χ4v) is 2.93. The minimum atomic E-state index is -4.67. The number of alkyl halides is 3. The summed E-state index contributed by atoms with van der Waals surface area (Å²) in [4.78, 5) is 7.51. The first-order valence-corrected chi connectivity index (χ1v) is 9.55. The standard InChI is InChI=1S/C18H15F3N4O2S/c19-18(20,21)16-10-15(13-6-8-14(9-7-13)28(22,26)27)24-17(25-16)23-11-12-4-2-1-3-5-12/h1-10H,11H2,(H2,22,26,27)(H,23,24,25). The van der Waals surface area contributed by atoms with Gasteiger partial charge in [-0.15, -0.1) is 0 Å². The molecular weight excluding hydrogens is 393 g/mol. The Morgan fingerprint density at radius 2 is 1.61 bits per heavy atom. The average molecular weight is 408 g/mol. The lowest BCUT2D eigenvalue weighted by Crippen LogP contribution is -2.13. The molecule has 2 aromatic carbocycles. The van der Waals surface area contributed by atoms with Gasteiger partial charge in [-0.1, -0.05) is 42.5 Å². The molecule has 0 saturated heterocycles. The van der Waals surface area contributed by atoms with Crippen LogP contribution in [0.3, 0.4) is 0 Å². The summed E-state index contributed by atoms with van der Waals surface area (Å²) < 4.78 is 62.4. The topological polar surface area (TPSA) is 98.0 Å². The van der Waals surface area contributed by atoms with Crippen molar-refractivity contribution in [1.82, 2.24) is 9.97 Å². The maximum atomic E-state index is 13.2. The van der Waals surface area contributed by atoms with Crippen LogP contribution in [0.2, 0.25) is 0 Å². The summed E-state index contributed by atoms with van der Waals surface area (Å²) >= 11 is 0. The molecule has 1 aromatic heterocycles. The van der Waals surface area contributed by atoms with E-state index in [0.29, 0.717) is 5.56 Å². The zero-order chi connectivity index (χ0) is 20.4. The zero-order valence-electron chi connectivity index (χ0n) is 14.3. The number of nitrogens with one attached hydrogen (secondary N) is 1. The quantitative estimate of drug-likeness (QED) is 0.674. The highest BCUT2D eigenvalue weighted by atomic mass is 32.2. The van der Waals surface area contributed by atoms with Crippen LogP contribution in [0, 0.1) is 0 Å². The molecule has 0 atom stereocenters. The fourth-order valence-electron chi connectivity index (χ4n) is 2.41. The lowest BCUT2D eigenvalue weighted by atomic mass is 10.1. The minimum absolute atomic E-state index is 0.00106. The van der Waals surface area contributed by atoms with E-state index in [4.69, 9.17) is 5.14 Å². The van der Waals surface area contributed by atoms with Crippen LogP contribution in [0.25, 0.3) is 11.3 Å². The molecule has 28 heavy (non-hydrogen) atoms. The number of primary sulfonamides is 1. The van der Waals surface area contributed by atoms with E-state index >= 15 is 0 Å². The van der Waals surface area contributed by atoms with Gasteiger partial charge in [0.15, 0.2) is 5.69 Å². The number of aromatic nitrogens is 2. The van der Waals surface area contributed by atoms with Crippen molar-refractivity contribution in [2.24, 2.45) is 5.14 Å². The SMILES string of the molecule is NS(=O)(=O)c1ccc(-c2cc(C(F)(F)F)nc(NCc3ccccc3)n2)cc1. The van der Waals surface area contributed by atoms with E-state index in [0.717, 1.165) is 11.6 Å². The van der Waals surface area contributed by atoms with E-state index in [1.807, 2.05) is 30.3 Å². The third kappa shape index (κ3) is 4.84. The highest BCUT2D eigenvalue weighted by molar-refractivity contribution is 7.89. The molecule has 0 fully saturated rings. The van der Waals surface area contributed by atoms with E-state index in [-0.39, 0.29) is 23.1 Å². The molecule has 0 amide bonds. The summed E-state index contributed by atoms with van der Waals surface area (Å²) in [5.41, 5.74) is 0.0352. The molecule has 10 heteroatoms. The van der Waals surface area contributed by atoms with Gasteiger partial charge < -0.3 is 5.32 Å². The first kappa shape index (κ1) is 19.8. The van der Waals surface area contributed by atoms with Crippen molar-refractivity contribution in [2.45, 2.75) is 17.6 Å². The molecule has 6 nitrogen and oxygen atoms in total. The van der Waals surface area contributed by atoms with E-state index in [9.17, 15) is 21.6 Å². The van der Waals surface area contributed by atoms with Crippen LogP contribution >= 0.6 is 0 Å². The number of rotatable bonds is 5. The van der Waals surface area contributed by atoms with Crippen molar-refractivity contribution in [3.8, 4) is 11.3 Å². The Balaban J connectivity index is 1.96. The second-order valence-corrected chi connectivity index (χ2v) is 7.43. The molecule has 3 rings (SSSR count). The number of nitrogens with two attached hydrogens (primary N) is 1. The van der Waals surface area contributed by atoms with Crippen LogP contribution in [-0.4, -0.2) is 18.4 Å². The second kappa shape index (κ2) is 7.56. The lowest BCUT2D eigenvalue weighted by Gasteiger charge is -2.12. The third-order valence-corrected chi connectivity index (χ3v) is 4.72. The van der Waals surface area contributed by atoms with Gasteiger partial charge in [-0.2, -0.15) is 13.2 Å². The second-order valence-electron chi connectivity index (χ2n) is 5.87. The van der Waals surface area contributed by atoms with Crippen LogP contribution in [0.15, 0.2) is 65.6 Å². The van der Waals surface area contributed by atoms with Crippen LogP contribution in [-0.2, 0) is 22.7 Å². The van der Waals surface area contributed by atoms with Crippen LogP contribution in [0.5, 0.6) is 0 Å². The Bertz CT molecular complexity index is 1070. The average Bonchev–Trinajstić information content (AvgIpc) is 2.66. The monoisotopic (exact) mass is 408 g/mol. The zero-order valence-corrected chi connectivity index (χ0v) is 15.1. The predicted octanol–water partition coefficient (Wildman–Crippen LogP) is 3.42. The van der Waals surface area contributed by atoms with Gasteiger partial charge in [0.2, 0.25) is 16.0 Å². The predicted molar refractivity (Wildman–Crippen MR) is 97.6 cm³/mol. The summed E-state index contributed by atoms with van der Waals surface area (Å²) in [6.45, 7) is 0.242. The Morgan fingerprint density at radius 1 is 0.964 bits per heavy atom. The number of hydrogen-bond donors (Lipinski definition) is 2. The van der Waals surface area contributed by atoms with Gasteiger partial charge in [-0.05, 0) is 23.8 Å². The Morgan fingerprint density at radius 3 is 2.18 bits per heavy atom. The normalized spacial score (nSPS) is 12.0. The third-order valence-electron chi connectivity index (χ3n) is 3.79. The number of sulfonamides is 1. The first-order valence-electron chi connectivity index (χ1n) is 8.00. The van der Waals surface area contributed by atoms with Crippen LogP contribution < -0.4 is 10.5 Å². The largest absolute Gasteiger partial charge is 0.433 e. The summed E-state index contributed by atoms with van der Waals surface area (Å²) in [5.74, 6) is -0.191. The van der Waals surface area contributed by atoms with Crippen molar-refractivity contribution in [1.29, 1.82) is 0 Å². The van der Waals surface area contributed by atoms with Gasteiger partial charge >= 0.3 is 6.18 Å². The van der Waals surface area contributed by atoms with Crippen molar-refractivity contribution in [3.63, 3.8) is 0 Å². The van der Waals surface area contributed by atoms with Gasteiger partial charge in [0.1, 0.15) is 0 Å². The maximum Gasteiger partial charge on any atom is 0.433 e. The van der Waals surface area contributed by atoms with Gasteiger partial charge in [-0.3, -0.25) is 0 Å². The van der Waals surface area contributed by atoms with E-state index in [1.54, 1.807) is 0 Å². The molecular formula is C18H15F3N4O2S. The summed E-state index contributed by atoms with van der Waals surface area (Å²) in [6, 6.07) is 15.0. The van der Waals surface area contributed by atoms with Crippen LogP contribution in [0.1, 0.15) is 11.3 Å². The number of halogens is 3. The number of benzene rings is 2. The van der Waals surface area contributed by atoms with Crippen molar-refractivity contribution < 1.29 is 21.6 Å². The molecule has 3 aromatic rings.